The maximum atomic E-state index is 10.6. The molecule has 0 bridgehead atoms. The summed E-state index contributed by atoms with van der Waals surface area (Å²) < 4.78 is 10.6. The first-order valence-electron chi connectivity index (χ1n) is 3.37. The highest BCUT2D eigenvalue weighted by atomic mass is 31.2. The number of carbonyl (C=O) groups is 1. The van der Waals surface area contributed by atoms with Crippen molar-refractivity contribution in [3.8, 4) is 0 Å². The molecule has 1 aliphatic rings. The van der Waals surface area contributed by atoms with Gasteiger partial charge in [0.2, 0.25) is 0 Å². The molecule has 1 fully saturated rings. The van der Waals surface area contributed by atoms with E-state index >= 15 is 0 Å². The van der Waals surface area contributed by atoms with Gasteiger partial charge in [-0.25, -0.2) is 0 Å². The molecule has 7 heteroatoms. The molecule has 0 radical (unpaired) electrons. The van der Waals surface area contributed by atoms with Gasteiger partial charge in [0, 0.05) is 0 Å². The number of carboxylic acid groups (broad SMARTS) is 1. The quantitative estimate of drug-likeness (QED) is 0.427. The summed E-state index contributed by atoms with van der Waals surface area (Å²) in [6, 6.07) is -1.15. The van der Waals surface area contributed by atoms with E-state index in [2.05, 4.69) is 0 Å². The molecular formula is C5H10NO5P. The lowest BCUT2D eigenvalue weighted by atomic mass is 10.2. The van der Waals surface area contributed by atoms with Crippen molar-refractivity contribution in [2.24, 2.45) is 11.7 Å². The summed E-state index contributed by atoms with van der Waals surface area (Å²) in [7, 11) is -4.12. The summed E-state index contributed by atoms with van der Waals surface area (Å²) in [5.41, 5.74) is 4.32. The van der Waals surface area contributed by atoms with Crippen molar-refractivity contribution in [1.29, 1.82) is 0 Å². The fraction of sp³-hybridized carbons (Fsp3) is 0.800. The van der Waals surface area contributed by atoms with Gasteiger partial charge in [-0.05, 0) is 12.3 Å². The second-order valence-electron chi connectivity index (χ2n) is 2.92. The Morgan fingerprint density at radius 1 is 1.58 bits per heavy atom. The highest BCUT2D eigenvalue weighted by Gasteiger charge is 2.54. The molecule has 0 aromatic rings. The van der Waals surface area contributed by atoms with Gasteiger partial charge in [-0.1, -0.05) is 0 Å². The largest absolute Gasteiger partial charge is 0.480 e. The predicted molar refractivity (Wildman–Crippen MR) is 39.6 cm³/mol. The van der Waals surface area contributed by atoms with Gasteiger partial charge in [-0.2, -0.15) is 0 Å². The first-order valence-corrected chi connectivity index (χ1v) is 5.06. The minimum absolute atomic E-state index is 0.206. The van der Waals surface area contributed by atoms with Crippen molar-refractivity contribution < 1.29 is 24.3 Å². The Bertz CT molecular complexity index is 248. The van der Waals surface area contributed by atoms with E-state index in [1.54, 1.807) is 0 Å². The lowest BCUT2D eigenvalue weighted by Crippen LogP contribution is -2.33. The number of carboxylic acids is 1. The second-order valence-corrected chi connectivity index (χ2v) is 4.76. The molecule has 0 amide bonds. The molecule has 1 saturated carbocycles. The Labute approximate surface area is 68.5 Å². The Kier molecular flexibility index (Phi) is 2.27. The number of hydrogen-bond acceptors (Lipinski definition) is 3. The average molecular weight is 195 g/mol. The molecule has 0 unspecified atom stereocenters. The smallest absolute Gasteiger partial charge is 0.328 e. The summed E-state index contributed by atoms with van der Waals surface area (Å²) in [5, 5.41) is 8.40. The summed E-state index contributed by atoms with van der Waals surface area (Å²) >= 11 is 0. The fourth-order valence-electron chi connectivity index (χ4n) is 1.16. The molecular weight excluding hydrogens is 185 g/mol. The zero-order valence-corrected chi connectivity index (χ0v) is 7.02. The molecule has 0 heterocycles. The minimum Gasteiger partial charge on any atom is -0.480 e. The van der Waals surface area contributed by atoms with Crippen LogP contribution in [0.25, 0.3) is 0 Å². The summed E-state index contributed by atoms with van der Waals surface area (Å²) in [6.45, 7) is 0. The van der Waals surface area contributed by atoms with Crippen LogP contribution in [0, 0.1) is 5.92 Å². The van der Waals surface area contributed by atoms with Crippen molar-refractivity contribution in [3.63, 3.8) is 0 Å². The van der Waals surface area contributed by atoms with E-state index in [1.807, 2.05) is 0 Å². The van der Waals surface area contributed by atoms with E-state index in [0.717, 1.165) is 0 Å². The van der Waals surface area contributed by atoms with Crippen molar-refractivity contribution in [2.45, 2.75) is 18.1 Å². The molecule has 6 nitrogen and oxygen atoms in total. The van der Waals surface area contributed by atoms with Gasteiger partial charge in [0.05, 0.1) is 5.66 Å². The monoisotopic (exact) mass is 195 g/mol. The fourth-order valence-corrected chi connectivity index (χ4v) is 2.36. The summed E-state index contributed by atoms with van der Waals surface area (Å²) in [4.78, 5) is 27.5. The van der Waals surface area contributed by atoms with E-state index in [9.17, 15) is 9.36 Å². The lowest BCUT2D eigenvalue weighted by molar-refractivity contribution is -0.139. The Morgan fingerprint density at radius 3 is 2.33 bits per heavy atom. The standard InChI is InChI=1S/C5H10NO5P/c6-4(5(7)8)2-1-3(2)12(9,10)11/h2-4H,1,6H2,(H,7,8)(H2,9,10,11)/t2-,3-,4-/m0/s1. The molecule has 0 aromatic carbocycles. The predicted octanol–water partition coefficient (Wildman–Crippen LogP) is -1.04. The van der Waals surface area contributed by atoms with Crippen LogP contribution in [0.3, 0.4) is 0 Å². The van der Waals surface area contributed by atoms with Gasteiger partial charge >= 0.3 is 13.6 Å². The molecule has 1 rings (SSSR count). The first kappa shape index (κ1) is 9.67. The maximum absolute atomic E-state index is 10.6. The molecule has 0 aliphatic heterocycles. The zero-order valence-electron chi connectivity index (χ0n) is 6.12. The van der Waals surface area contributed by atoms with Gasteiger partial charge in [-0.3, -0.25) is 9.36 Å². The molecule has 70 valence electrons. The van der Waals surface area contributed by atoms with Crippen LogP contribution in [0.15, 0.2) is 0 Å². The Morgan fingerprint density at radius 2 is 2.08 bits per heavy atom. The van der Waals surface area contributed by atoms with Crippen LogP contribution in [-0.2, 0) is 9.36 Å². The van der Waals surface area contributed by atoms with E-state index in [-0.39, 0.29) is 6.42 Å². The summed E-state index contributed by atoms with van der Waals surface area (Å²) in [6.07, 6.45) is 0.206. The molecule has 3 atom stereocenters. The highest BCUT2D eigenvalue weighted by Crippen LogP contribution is 2.58. The van der Waals surface area contributed by atoms with Gasteiger partial charge in [0.1, 0.15) is 6.04 Å². The van der Waals surface area contributed by atoms with E-state index in [1.165, 1.54) is 0 Å². The van der Waals surface area contributed by atoms with Crippen molar-refractivity contribution >= 4 is 13.6 Å². The second kappa shape index (κ2) is 2.81. The zero-order chi connectivity index (χ0) is 9.52. The third-order valence-electron chi connectivity index (χ3n) is 1.98. The van der Waals surface area contributed by atoms with Crippen LogP contribution >= 0.6 is 7.60 Å². The lowest BCUT2D eigenvalue weighted by Gasteiger charge is -2.05. The van der Waals surface area contributed by atoms with Crippen molar-refractivity contribution in [1.82, 2.24) is 0 Å². The van der Waals surface area contributed by atoms with Crippen LogP contribution in [0.5, 0.6) is 0 Å². The van der Waals surface area contributed by atoms with Crippen LogP contribution in [0.1, 0.15) is 6.42 Å². The Hall–Kier alpha value is -0.420. The minimum atomic E-state index is -4.12. The number of nitrogens with two attached hydrogens (primary N) is 1. The van der Waals surface area contributed by atoms with Gasteiger partial charge in [0.25, 0.3) is 0 Å². The number of rotatable bonds is 3. The third-order valence-corrected chi connectivity index (χ3v) is 3.44. The topological polar surface area (TPSA) is 121 Å². The van der Waals surface area contributed by atoms with Crippen molar-refractivity contribution in [2.75, 3.05) is 0 Å². The maximum Gasteiger partial charge on any atom is 0.328 e. The van der Waals surface area contributed by atoms with Crippen LogP contribution in [0.4, 0.5) is 0 Å². The molecule has 0 saturated heterocycles. The third kappa shape index (κ3) is 1.84. The van der Waals surface area contributed by atoms with Gasteiger partial charge in [0.15, 0.2) is 0 Å². The van der Waals surface area contributed by atoms with Crippen LogP contribution in [-0.4, -0.2) is 32.6 Å². The van der Waals surface area contributed by atoms with Gasteiger partial charge in [-0.15, -0.1) is 0 Å². The normalized spacial score (nSPS) is 31.2. The van der Waals surface area contributed by atoms with Crippen molar-refractivity contribution in [3.05, 3.63) is 0 Å². The number of aliphatic carboxylic acids is 1. The van der Waals surface area contributed by atoms with E-state index in [0.29, 0.717) is 0 Å². The van der Waals surface area contributed by atoms with Gasteiger partial charge < -0.3 is 20.6 Å². The van der Waals surface area contributed by atoms with E-state index in [4.69, 9.17) is 20.6 Å². The molecule has 0 aromatic heterocycles. The van der Waals surface area contributed by atoms with E-state index < -0.39 is 31.2 Å². The molecule has 0 spiro atoms. The molecule has 1 aliphatic carbocycles. The Balaban J connectivity index is 2.54. The molecule has 12 heavy (non-hydrogen) atoms. The van der Waals surface area contributed by atoms with Crippen LogP contribution in [0.2, 0.25) is 0 Å². The average Bonchev–Trinajstić information content (AvgIpc) is 2.61. The summed E-state index contributed by atoms with van der Waals surface area (Å²) in [5.74, 6) is -1.78. The highest BCUT2D eigenvalue weighted by molar-refractivity contribution is 7.53. The molecule has 5 N–H and O–H groups in total. The SMILES string of the molecule is N[C@H](C(=O)O)[C@H]1C[C@@H]1P(=O)(O)O. The first-order chi connectivity index (χ1) is 5.34. The number of hydrogen-bond donors (Lipinski definition) is 4. The van der Waals surface area contributed by atoms with Crippen LogP contribution < -0.4 is 5.73 Å².